The van der Waals surface area contributed by atoms with Gasteiger partial charge in [0.25, 0.3) is 17.7 Å². The second-order valence-electron chi connectivity index (χ2n) is 10.2. The minimum absolute atomic E-state index is 0.0369. The topological polar surface area (TPSA) is 90.9 Å². The number of rotatable bonds is 6. The molecule has 3 amide bonds. The third kappa shape index (κ3) is 4.75. The number of hydrogen-bond donors (Lipinski definition) is 2. The standard InChI is InChI=1S/C30H25ClF2N4O3/c31-22-10-9-17(32)15-20(22)27-25-21(30(40)36-27)13-16(28(38)34-18-5-3-6-18)14-23(25)35-29(39)19-7-4-8-24(26(19)33)37-11-1-2-12-37/h4,7-10,13-15,18H,1-3,5-6,11-12H2,(H,34,38)(H,35,39). The Kier molecular flexibility index (Phi) is 6.83. The number of nitrogens with zero attached hydrogens (tertiary/aromatic N) is 2. The van der Waals surface area contributed by atoms with Crippen molar-refractivity contribution in [2.75, 3.05) is 23.3 Å². The van der Waals surface area contributed by atoms with Crippen LogP contribution in [0.15, 0.2) is 53.5 Å². The number of fused-ring (bicyclic) bond motifs is 1. The normalized spacial score (nSPS) is 16.4. The summed E-state index contributed by atoms with van der Waals surface area (Å²) in [6.07, 6.45) is 4.61. The van der Waals surface area contributed by atoms with Gasteiger partial charge in [-0.05, 0) is 74.6 Å². The van der Waals surface area contributed by atoms with Gasteiger partial charge in [0.15, 0.2) is 5.82 Å². The smallest absolute Gasteiger partial charge is 0.278 e. The molecule has 0 radical (unpaired) electrons. The maximum Gasteiger partial charge on any atom is 0.278 e. The number of halogens is 3. The summed E-state index contributed by atoms with van der Waals surface area (Å²) in [6.45, 7) is 1.40. The molecule has 2 fully saturated rings. The van der Waals surface area contributed by atoms with E-state index in [1.165, 1.54) is 30.3 Å². The number of benzene rings is 3. The Balaban J connectivity index is 1.42. The van der Waals surface area contributed by atoms with E-state index in [2.05, 4.69) is 15.6 Å². The van der Waals surface area contributed by atoms with Crippen LogP contribution in [0.5, 0.6) is 0 Å². The van der Waals surface area contributed by atoms with E-state index in [0.29, 0.717) is 18.8 Å². The lowest BCUT2D eigenvalue weighted by Gasteiger charge is -2.26. The fourth-order valence-electron chi connectivity index (χ4n) is 5.30. The lowest BCUT2D eigenvalue weighted by molar-refractivity contribution is 0.0916. The van der Waals surface area contributed by atoms with Crippen LogP contribution in [0.3, 0.4) is 0 Å². The number of hydrogen-bond acceptors (Lipinski definition) is 4. The predicted molar refractivity (Wildman–Crippen MR) is 149 cm³/mol. The minimum atomic E-state index is -0.763. The molecular weight excluding hydrogens is 538 g/mol. The van der Waals surface area contributed by atoms with Crippen LogP contribution in [-0.2, 0) is 0 Å². The first-order valence-corrected chi connectivity index (χ1v) is 13.6. The van der Waals surface area contributed by atoms with Crippen molar-refractivity contribution < 1.29 is 23.2 Å². The lowest BCUT2D eigenvalue weighted by Crippen LogP contribution is -2.39. The van der Waals surface area contributed by atoms with Crippen LogP contribution in [0, 0.1) is 11.6 Å². The van der Waals surface area contributed by atoms with Crippen molar-refractivity contribution in [1.29, 1.82) is 0 Å². The van der Waals surface area contributed by atoms with Gasteiger partial charge in [0, 0.05) is 35.8 Å². The number of amides is 3. The van der Waals surface area contributed by atoms with Crippen molar-refractivity contribution in [3.05, 3.63) is 93.0 Å². The average molecular weight is 563 g/mol. The summed E-state index contributed by atoms with van der Waals surface area (Å²) in [5, 5.41) is 5.77. The number of anilines is 2. The number of carbonyl (C=O) groups excluding carboxylic acids is 3. The summed E-state index contributed by atoms with van der Waals surface area (Å²) < 4.78 is 29.7. The van der Waals surface area contributed by atoms with Crippen LogP contribution >= 0.6 is 11.6 Å². The fraction of sp³-hybridized carbons (Fsp3) is 0.267. The molecule has 0 bridgehead atoms. The number of aliphatic imine (C=N–C) groups is 1. The molecule has 1 aliphatic carbocycles. The van der Waals surface area contributed by atoms with Gasteiger partial charge in [-0.25, -0.2) is 13.8 Å². The van der Waals surface area contributed by atoms with Crippen LogP contribution in [0.2, 0.25) is 5.02 Å². The SMILES string of the molecule is O=C(NC1CCC1)c1cc(NC(=O)c2cccc(N3CCCC3)c2F)c2c(c1)C(=O)N=C2c1cc(F)ccc1Cl. The molecule has 7 nitrogen and oxygen atoms in total. The first-order valence-electron chi connectivity index (χ1n) is 13.2. The highest BCUT2D eigenvalue weighted by molar-refractivity contribution is 6.39. The Morgan fingerprint density at radius 1 is 0.950 bits per heavy atom. The van der Waals surface area contributed by atoms with E-state index in [1.807, 2.05) is 4.90 Å². The molecule has 0 unspecified atom stereocenters. The lowest BCUT2D eigenvalue weighted by atomic mass is 9.92. The molecule has 40 heavy (non-hydrogen) atoms. The van der Waals surface area contributed by atoms with Crippen molar-refractivity contribution in [1.82, 2.24) is 5.32 Å². The van der Waals surface area contributed by atoms with E-state index >= 15 is 4.39 Å². The molecule has 0 aromatic heterocycles. The third-order valence-corrected chi connectivity index (χ3v) is 7.95. The molecule has 0 spiro atoms. The summed E-state index contributed by atoms with van der Waals surface area (Å²) >= 11 is 6.34. The molecule has 204 valence electrons. The highest BCUT2D eigenvalue weighted by atomic mass is 35.5. The molecule has 3 aromatic rings. The van der Waals surface area contributed by atoms with Gasteiger partial charge < -0.3 is 15.5 Å². The minimum Gasteiger partial charge on any atom is -0.369 e. The van der Waals surface area contributed by atoms with Gasteiger partial charge in [-0.2, -0.15) is 0 Å². The van der Waals surface area contributed by atoms with Crippen molar-refractivity contribution in [3.63, 3.8) is 0 Å². The molecule has 3 aromatic carbocycles. The van der Waals surface area contributed by atoms with E-state index in [0.717, 1.165) is 38.2 Å². The Bertz CT molecular complexity index is 1600. The van der Waals surface area contributed by atoms with Crippen LogP contribution in [0.25, 0.3) is 0 Å². The van der Waals surface area contributed by atoms with Crippen molar-refractivity contribution >= 4 is 46.4 Å². The second-order valence-corrected chi connectivity index (χ2v) is 10.6. The van der Waals surface area contributed by atoms with Gasteiger partial charge in [-0.3, -0.25) is 14.4 Å². The van der Waals surface area contributed by atoms with Crippen LogP contribution < -0.4 is 15.5 Å². The Morgan fingerprint density at radius 2 is 1.73 bits per heavy atom. The Morgan fingerprint density at radius 3 is 2.45 bits per heavy atom. The molecule has 2 N–H and O–H groups in total. The van der Waals surface area contributed by atoms with Gasteiger partial charge in [0.2, 0.25) is 0 Å². The zero-order valence-electron chi connectivity index (χ0n) is 21.4. The van der Waals surface area contributed by atoms with Crippen molar-refractivity contribution in [2.45, 2.75) is 38.1 Å². The van der Waals surface area contributed by atoms with Gasteiger partial charge >= 0.3 is 0 Å². The van der Waals surface area contributed by atoms with Crippen LogP contribution in [-0.4, -0.2) is 42.6 Å². The molecule has 3 aliphatic rings. The highest BCUT2D eigenvalue weighted by Crippen LogP contribution is 2.35. The summed E-state index contributed by atoms with van der Waals surface area (Å²) in [7, 11) is 0. The molecular formula is C30H25ClF2N4O3. The zero-order chi connectivity index (χ0) is 28.0. The van der Waals surface area contributed by atoms with E-state index in [-0.39, 0.29) is 50.3 Å². The molecule has 6 rings (SSSR count). The summed E-state index contributed by atoms with van der Waals surface area (Å²) in [5.41, 5.74) is 0.803. The van der Waals surface area contributed by atoms with E-state index in [4.69, 9.17) is 11.6 Å². The van der Waals surface area contributed by atoms with E-state index < -0.39 is 29.4 Å². The number of nitrogens with one attached hydrogen (secondary N) is 2. The third-order valence-electron chi connectivity index (χ3n) is 7.62. The zero-order valence-corrected chi connectivity index (χ0v) is 22.2. The molecule has 1 saturated heterocycles. The van der Waals surface area contributed by atoms with Crippen LogP contribution in [0.1, 0.15) is 74.3 Å². The number of carbonyl (C=O) groups is 3. The Hall–Kier alpha value is -4.11. The quantitative estimate of drug-likeness (QED) is 0.401. The molecule has 10 heteroatoms. The molecule has 0 atom stereocenters. The Labute approximate surface area is 234 Å². The molecule has 2 heterocycles. The monoisotopic (exact) mass is 562 g/mol. The largest absolute Gasteiger partial charge is 0.369 e. The molecule has 1 saturated carbocycles. The maximum atomic E-state index is 15.5. The summed E-state index contributed by atoms with van der Waals surface area (Å²) in [4.78, 5) is 45.6. The van der Waals surface area contributed by atoms with E-state index in [9.17, 15) is 18.8 Å². The van der Waals surface area contributed by atoms with Gasteiger partial charge in [0.1, 0.15) is 5.82 Å². The molecule has 2 aliphatic heterocycles. The van der Waals surface area contributed by atoms with E-state index in [1.54, 1.807) is 12.1 Å². The summed E-state index contributed by atoms with van der Waals surface area (Å²) in [6, 6.07) is 11.2. The van der Waals surface area contributed by atoms with Crippen molar-refractivity contribution in [2.24, 2.45) is 4.99 Å². The van der Waals surface area contributed by atoms with Gasteiger partial charge in [-0.15, -0.1) is 0 Å². The second kappa shape index (κ2) is 10.5. The first kappa shape index (κ1) is 26.1. The summed E-state index contributed by atoms with van der Waals surface area (Å²) in [5.74, 6) is -3.08. The fourth-order valence-corrected chi connectivity index (χ4v) is 5.50. The van der Waals surface area contributed by atoms with Crippen molar-refractivity contribution in [3.8, 4) is 0 Å². The predicted octanol–water partition coefficient (Wildman–Crippen LogP) is 5.74. The first-order chi connectivity index (χ1) is 19.3. The van der Waals surface area contributed by atoms with Gasteiger partial charge in [-0.1, -0.05) is 17.7 Å². The van der Waals surface area contributed by atoms with Gasteiger partial charge in [0.05, 0.1) is 33.2 Å². The van der Waals surface area contributed by atoms with Crippen LogP contribution in [0.4, 0.5) is 20.2 Å². The maximum absolute atomic E-state index is 15.5. The average Bonchev–Trinajstić information content (AvgIpc) is 3.56. The highest BCUT2D eigenvalue weighted by Gasteiger charge is 2.32.